The molecule has 1 saturated heterocycles. The van der Waals surface area contributed by atoms with Crippen LogP contribution in [0.5, 0.6) is 11.5 Å². The summed E-state index contributed by atoms with van der Waals surface area (Å²) in [6, 6.07) is 6.30. The van der Waals surface area contributed by atoms with Crippen molar-refractivity contribution in [1.82, 2.24) is 8.87 Å². The summed E-state index contributed by atoms with van der Waals surface area (Å²) >= 11 is 3.49. The van der Waals surface area contributed by atoms with E-state index in [1.807, 2.05) is 6.07 Å². The molecule has 0 N–H and O–H groups in total. The molecular weight excluding hydrogens is 436 g/mol. The summed E-state index contributed by atoms with van der Waals surface area (Å²) in [7, 11) is -3.58. The standard InChI is InChI=1S/C18H19BrN2O5S/c19-15-10-17-16(25-7-8-26-17)9-13(15)11-20-12-14(3-4-18(20)22)27(23,24)21-5-1-2-6-21/h3-4,9-10,12H,1-2,5-8,11H2. The lowest BCUT2D eigenvalue weighted by atomic mass is 10.2. The number of ether oxygens (including phenoxy) is 2. The molecule has 0 atom stereocenters. The van der Waals surface area contributed by atoms with Crippen LogP contribution in [0.2, 0.25) is 0 Å². The Balaban J connectivity index is 1.68. The summed E-state index contributed by atoms with van der Waals surface area (Å²) in [5.41, 5.74) is 0.536. The van der Waals surface area contributed by atoms with Crippen molar-refractivity contribution < 1.29 is 17.9 Å². The third-order valence-corrected chi connectivity index (χ3v) is 7.33. The van der Waals surface area contributed by atoms with E-state index in [0.717, 1.165) is 22.9 Å². The zero-order chi connectivity index (χ0) is 19.0. The van der Waals surface area contributed by atoms with Gasteiger partial charge in [0.25, 0.3) is 5.56 Å². The molecule has 0 saturated carbocycles. The lowest BCUT2D eigenvalue weighted by molar-refractivity contribution is 0.171. The van der Waals surface area contributed by atoms with Crippen LogP contribution in [0, 0.1) is 0 Å². The van der Waals surface area contributed by atoms with Crippen LogP contribution in [-0.2, 0) is 16.6 Å². The molecular formula is C18H19BrN2O5S. The van der Waals surface area contributed by atoms with E-state index in [1.165, 1.54) is 27.2 Å². The van der Waals surface area contributed by atoms with Crippen LogP contribution >= 0.6 is 15.9 Å². The Bertz CT molecular complexity index is 1030. The van der Waals surface area contributed by atoms with Crippen LogP contribution in [0.1, 0.15) is 18.4 Å². The molecule has 9 heteroatoms. The molecule has 0 radical (unpaired) electrons. The number of aromatic nitrogens is 1. The highest BCUT2D eigenvalue weighted by molar-refractivity contribution is 9.10. The molecule has 0 spiro atoms. The first-order chi connectivity index (χ1) is 12.9. The van der Waals surface area contributed by atoms with E-state index in [-0.39, 0.29) is 17.0 Å². The number of benzene rings is 1. The van der Waals surface area contributed by atoms with E-state index in [9.17, 15) is 13.2 Å². The van der Waals surface area contributed by atoms with Crippen LogP contribution in [0.15, 0.2) is 44.6 Å². The van der Waals surface area contributed by atoms with Crippen molar-refractivity contribution in [2.75, 3.05) is 26.3 Å². The van der Waals surface area contributed by atoms with E-state index >= 15 is 0 Å². The fourth-order valence-electron chi connectivity index (χ4n) is 3.27. The van der Waals surface area contributed by atoms with Gasteiger partial charge in [0.05, 0.1) is 11.4 Å². The Morgan fingerprint density at radius 2 is 1.70 bits per heavy atom. The minimum atomic E-state index is -3.58. The fraction of sp³-hybridized carbons (Fsp3) is 0.389. The molecule has 0 unspecified atom stereocenters. The second-order valence-electron chi connectivity index (χ2n) is 6.53. The van der Waals surface area contributed by atoms with E-state index in [4.69, 9.17) is 9.47 Å². The highest BCUT2D eigenvalue weighted by atomic mass is 79.9. The Morgan fingerprint density at radius 3 is 2.41 bits per heavy atom. The molecule has 1 aromatic carbocycles. The molecule has 2 aliphatic rings. The van der Waals surface area contributed by atoms with Gasteiger partial charge in [-0.2, -0.15) is 4.31 Å². The topological polar surface area (TPSA) is 77.8 Å². The average Bonchev–Trinajstić information content (AvgIpc) is 3.19. The van der Waals surface area contributed by atoms with Crippen molar-refractivity contribution in [2.24, 2.45) is 0 Å². The Hall–Kier alpha value is -1.84. The lowest BCUT2D eigenvalue weighted by Crippen LogP contribution is -2.29. The monoisotopic (exact) mass is 454 g/mol. The summed E-state index contributed by atoms with van der Waals surface area (Å²) < 4.78 is 40.3. The first-order valence-corrected chi connectivity index (χ1v) is 11.0. The molecule has 1 aromatic heterocycles. The lowest BCUT2D eigenvalue weighted by Gasteiger charge is -2.20. The van der Waals surface area contributed by atoms with E-state index < -0.39 is 10.0 Å². The SMILES string of the molecule is O=c1ccc(S(=O)(=O)N2CCCC2)cn1Cc1cc2c(cc1Br)OCCO2. The van der Waals surface area contributed by atoms with Gasteiger partial charge in [-0.15, -0.1) is 0 Å². The summed E-state index contributed by atoms with van der Waals surface area (Å²) in [4.78, 5) is 12.4. The largest absolute Gasteiger partial charge is 0.486 e. The van der Waals surface area contributed by atoms with E-state index in [1.54, 1.807) is 6.07 Å². The number of hydrogen-bond acceptors (Lipinski definition) is 5. The molecule has 3 heterocycles. The van der Waals surface area contributed by atoms with Crippen LogP contribution in [-0.4, -0.2) is 43.6 Å². The maximum Gasteiger partial charge on any atom is 0.250 e. The zero-order valence-corrected chi connectivity index (χ0v) is 17.0. The van der Waals surface area contributed by atoms with Crippen LogP contribution in [0.25, 0.3) is 0 Å². The van der Waals surface area contributed by atoms with Crippen LogP contribution in [0.3, 0.4) is 0 Å². The van der Waals surface area contributed by atoms with Gasteiger partial charge < -0.3 is 14.0 Å². The number of fused-ring (bicyclic) bond motifs is 1. The number of pyridine rings is 1. The molecule has 2 aliphatic heterocycles. The van der Waals surface area contributed by atoms with Gasteiger partial charge in [0.15, 0.2) is 11.5 Å². The minimum Gasteiger partial charge on any atom is -0.486 e. The highest BCUT2D eigenvalue weighted by Crippen LogP contribution is 2.35. The van der Waals surface area contributed by atoms with Gasteiger partial charge in [0.1, 0.15) is 13.2 Å². The average molecular weight is 455 g/mol. The molecule has 7 nitrogen and oxygen atoms in total. The predicted molar refractivity (Wildman–Crippen MR) is 103 cm³/mol. The van der Waals surface area contributed by atoms with Gasteiger partial charge in [0, 0.05) is 29.8 Å². The molecule has 0 amide bonds. The number of halogens is 1. The van der Waals surface area contributed by atoms with Gasteiger partial charge in [-0.05, 0) is 36.6 Å². The second kappa shape index (κ2) is 7.29. The quantitative estimate of drug-likeness (QED) is 0.707. The number of rotatable bonds is 4. The molecule has 2 aromatic rings. The van der Waals surface area contributed by atoms with Crippen molar-refractivity contribution in [1.29, 1.82) is 0 Å². The number of hydrogen-bond donors (Lipinski definition) is 0. The van der Waals surface area contributed by atoms with Gasteiger partial charge in [-0.25, -0.2) is 8.42 Å². The number of sulfonamides is 1. The first kappa shape index (κ1) is 18.5. The van der Waals surface area contributed by atoms with Gasteiger partial charge in [-0.1, -0.05) is 15.9 Å². The van der Waals surface area contributed by atoms with Crippen LogP contribution in [0.4, 0.5) is 0 Å². The molecule has 27 heavy (non-hydrogen) atoms. The smallest absolute Gasteiger partial charge is 0.250 e. The zero-order valence-electron chi connectivity index (χ0n) is 14.6. The van der Waals surface area contributed by atoms with Gasteiger partial charge in [0.2, 0.25) is 10.0 Å². The summed E-state index contributed by atoms with van der Waals surface area (Å²) in [6.07, 6.45) is 3.14. The minimum absolute atomic E-state index is 0.137. The highest BCUT2D eigenvalue weighted by Gasteiger charge is 2.27. The molecule has 144 valence electrons. The molecule has 4 rings (SSSR count). The Morgan fingerprint density at radius 1 is 1.04 bits per heavy atom. The fourth-order valence-corrected chi connectivity index (χ4v) is 5.26. The first-order valence-electron chi connectivity index (χ1n) is 8.74. The summed E-state index contributed by atoms with van der Waals surface area (Å²) in [5, 5.41) is 0. The maximum atomic E-state index is 12.8. The third kappa shape index (κ3) is 3.63. The number of nitrogens with zero attached hydrogens (tertiary/aromatic N) is 2. The van der Waals surface area contributed by atoms with Crippen molar-refractivity contribution in [3.8, 4) is 11.5 Å². The van der Waals surface area contributed by atoms with Gasteiger partial charge in [-0.3, -0.25) is 4.79 Å². The van der Waals surface area contributed by atoms with Crippen LogP contribution < -0.4 is 15.0 Å². The predicted octanol–water partition coefficient (Wildman–Crippen LogP) is 2.21. The van der Waals surface area contributed by atoms with Crippen molar-refractivity contribution >= 4 is 26.0 Å². The van der Waals surface area contributed by atoms with E-state index in [0.29, 0.717) is 37.8 Å². The Kier molecular flexibility index (Phi) is 5.00. The van der Waals surface area contributed by atoms with E-state index in [2.05, 4.69) is 15.9 Å². The van der Waals surface area contributed by atoms with Crippen molar-refractivity contribution in [3.05, 3.63) is 50.9 Å². The van der Waals surface area contributed by atoms with Crippen molar-refractivity contribution in [2.45, 2.75) is 24.3 Å². The molecule has 1 fully saturated rings. The Labute approximate surface area is 165 Å². The molecule has 0 aliphatic carbocycles. The normalized spacial score (nSPS) is 17.2. The maximum absolute atomic E-state index is 12.8. The summed E-state index contributed by atoms with van der Waals surface area (Å²) in [6.45, 7) is 2.23. The molecule has 0 bridgehead atoms. The van der Waals surface area contributed by atoms with Crippen molar-refractivity contribution in [3.63, 3.8) is 0 Å². The summed E-state index contributed by atoms with van der Waals surface area (Å²) in [5.74, 6) is 1.27. The second-order valence-corrected chi connectivity index (χ2v) is 9.32. The third-order valence-electron chi connectivity index (χ3n) is 4.71. The van der Waals surface area contributed by atoms with Gasteiger partial charge >= 0.3 is 0 Å².